The first-order chi connectivity index (χ1) is 11.4. The second kappa shape index (κ2) is 4.76. The van der Waals surface area contributed by atoms with Crippen LogP contribution in [0.5, 0.6) is 0 Å². The predicted molar refractivity (Wildman–Crippen MR) is 91.8 cm³/mol. The van der Waals surface area contributed by atoms with Gasteiger partial charge in [0.05, 0.1) is 33.8 Å². The van der Waals surface area contributed by atoms with Gasteiger partial charge in [-0.15, -0.1) is 11.3 Å². The molecule has 0 atom stereocenters. The van der Waals surface area contributed by atoms with Crippen LogP contribution in [0.2, 0.25) is 0 Å². The lowest BCUT2D eigenvalue weighted by Gasteiger charge is -2.05. The van der Waals surface area contributed by atoms with Crippen LogP contribution in [0.3, 0.4) is 0 Å². The Balaban J connectivity index is 1.69. The number of rotatable bonds is 2. The van der Waals surface area contributed by atoms with Crippen molar-refractivity contribution in [2.45, 2.75) is 0 Å². The summed E-state index contributed by atoms with van der Waals surface area (Å²) in [5.41, 5.74) is 3.99. The summed E-state index contributed by atoms with van der Waals surface area (Å²) in [6.07, 6.45) is 3.62. The van der Waals surface area contributed by atoms with Gasteiger partial charge in [-0.05, 0) is 36.4 Å². The second-order valence-electron chi connectivity index (χ2n) is 5.26. The molecule has 0 spiro atoms. The third kappa shape index (κ3) is 1.96. The van der Waals surface area contributed by atoms with Gasteiger partial charge in [0.25, 0.3) is 0 Å². The number of H-pyrrole nitrogens is 1. The molecule has 6 heteroatoms. The monoisotopic (exact) mass is 317 g/mol. The minimum absolute atomic E-state index is 0.966. The molecular weight excluding hydrogens is 306 g/mol. The Hall–Kier alpha value is -2.99. The first-order valence-corrected chi connectivity index (χ1v) is 8.04. The van der Waals surface area contributed by atoms with Gasteiger partial charge in [0.2, 0.25) is 0 Å². The van der Waals surface area contributed by atoms with E-state index in [4.69, 9.17) is 4.98 Å². The van der Waals surface area contributed by atoms with Crippen molar-refractivity contribution < 1.29 is 0 Å². The van der Waals surface area contributed by atoms with Gasteiger partial charge in [-0.1, -0.05) is 12.1 Å². The van der Waals surface area contributed by atoms with Crippen molar-refractivity contribution in [3.8, 4) is 16.4 Å². The minimum Gasteiger partial charge on any atom is -0.278 e. The van der Waals surface area contributed by atoms with E-state index in [-0.39, 0.29) is 0 Å². The largest absolute Gasteiger partial charge is 0.278 e. The molecule has 0 bridgehead atoms. The zero-order valence-corrected chi connectivity index (χ0v) is 12.8. The molecule has 110 valence electrons. The number of nitrogens with zero attached hydrogens (tertiary/aromatic N) is 4. The Bertz CT molecular complexity index is 1080. The van der Waals surface area contributed by atoms with Crippen molar-refractivity contribution in [3.63, 3.8) is 0 Å². The van der Waals surface area contributed by atoms with Crippen molar-refractivity contribution in [1.29, 1.82) is 0 Å². The van der Waals surface area contributed by atoms with Crippen LogP contribution in [0.15, 0.2) is 60.9 Å². The molecule has 0 saturated carbocycles. The number of hydrogen-bond acceptors (Lipinski definition) is 4. The fourth-order valence-corrected chi connectivity index (χ4v) is 3.69. The number of fused-ring (bicyclic) bond motifs is 2. The van der Waals surface area contributed by atoms with E-state index < -0.39 is 0 Å². The third-order valence-corrected chi connectivity index (χ3v) is 4.88. The van der Waals surface area contributed by atoms with Crippen molar-refractivity contribution in [2.75, 3.05) is 0 Å². The minimum atomic E-state index is 0.966. The fourth-order valence-electron chi connectivity index (χ4n) is 2.71. The average molecular weight is 317 g/mol. The zero-order chi connectivity index (χ0) is 15.2. The summed E-state index contributed by atoms with van der Waals surface area (Å²) < 4.78 is 3.09. The Labute approximate surface area is 135 Å². The molecule has 0 radical (unpaired) electrons. The number of aromatic nitrogens is 5. The Morgan fingerprint density at radius 3 is 2.96 bits per heavy atom. The SMILES string of the molecule is c1ccc2sc(-c3ccnn3-c3ccc4cn[nH]c4c3)nc2c1. The number of benzene rings is 2. The van der Waals surface area contributed by atoms with Crippen molar-refractivity contribution >= 4 is 32.5 Å². The molecule has 0 aliphatic rings. The fraction of sp³-hybridized carbons (Fsp3) is 0. The summed E-state index contributed by atoms with van der Waals surface area (Å²) in [6, 6.07) is 16.3. The highest BCUT2D eigenvalue weighted by molar-refractivity contribution is 7.21. The average Bonchev–Trinajstić information content (AvgIpc) is 3.31. The molecule has 3 aromatic heterocycles. The molecule has 0 fully saturated rings. The summed E-state index contributed by atoms with van der Waals surface area (Å²) in [4.78, 5) is 4.73. The summed E-state index contributed by atoms with van der Waals surface area (Å²) >= 11 is 1.68. The van der Waals surface area contributed by atoms with Crippen LogP contribution in [0.1, 0.15) is 0 Å². The number of thiazole rings is 1. The molecule has 5 nitrogen and oxygen atoms in total. The highest BCUT2D eigenvalue weighted by atomic mass is 32.1. The molecule has 3 heterocycles. The Morgan fingerprint density at radius 1 is 1.04 bits per heavy atom. The summed E-state index contributed by atoms with van der Waals surface area (Å²) in [7, 11) is 0. The maximum absolute atomic E-state index is 4.73. The lowest BCUT2D eigenvalue weighted by Crippen LogP contribution is -1.98. The highest BCUT2D eigenvalue weighted by Gasteiger charge is 2.12. The number of aromatic amines is 1. The van der Waals surface area contributed by atoms with Crippen LogP contribution in [-0.2, 0) is 0 Å². The first kappa shape index (κ1) is 12.5. The van der Waals surface area contributed by atoms with E-state index in [9.17, 15) is 0 Å². The van der Waals surface area contributed by atoms with Gasteiger partial charge < -0.3 is 0 Å². The van der Waals surface area contributed by atoms with Crippen LogP contribution in [0.4, 0.5) is 0 Å². The van der Waals surface area contributed by atoms with E-state index in [1.165, 1.54) is 4.70 Å². The van der Waals surface area contributed by atoms with Gasteiger partial charge in [0.15, 0.2) is 0 Å². The van der Waals surface area contributed by atoms with Gasteiger partial charge in [0, 0.05) is 5.39 Å². The molecule has 23 heavy (non-hydrogen) atoms. The predicted octanol–water partition coefficient (Wildman–Crippen LogP) is 4.03. The molecule has 2 aromatic carbocycles. The maximum Gasteiger partial charge on any atom is 0.143 e. The van der Waals surface area contributed by atoms with Crippen LogP contribution in [-0.4, -0.2) is 25.0 Å². The summed E-state index contributed by atoms with van der Waals surface area (Å²) in [5, 5.41) is 13.6. The van der Waals surface area contributed by atoms with Crippen molar-refractivity contribution in [2.24, 2.45) is 0 Å². The van der Waals surface area contributed by atoms with Crippen molar-refractivity contribution in [1.82, 2.24) is 25.0 Å². The Kier molecular flexibility index (Phi) is 2.59. The van der Waals surface area contributed by atoms with Gasteiger partial charge in [-0.3, -0.25) is 5.10 Å². The van der Waals surface area contributed by atoms with Gasteiger partial charge >= 0.3 is 0 Å². The van der Waals surface area contributed by atoms with Crippen LogP contribution in [0, 0.1) is 0 Å². The highest BCUT2D eigenvalue weighted by Crippen LogP contribution is 2.31. The maximum atomic E-state index is 4.73. The lowest BCUT2D eigenvalue weighted by molar-refractivity contribution is 0.888. The number of nitrogens with one attached hydrogen (secondary N) is 1. The molecule has 0 amide bonds. The van der Waals surface area contributed by atoms with E-state index in [1.807, 2.05) is 53.3 Å². The van der Waals surface area contributed by atoms with Crippen LogP contribution in [0.25, 0.3) is 37.5 Å². The standard InChI is InChI=1S/C17H11N5S/c1-2-4-16-13(3-1)20-17(23-16)15-7-8-19-22(15)12-6-5-11-10-18-21-14(11)9-12/h1-10H,(H,18,21). The number of para-hydroxylation sites is 1. The van der Waals surface area contributed by atoms with E-state index >= 15 is 0 Å². The number of hydrogen-bond donors (Lipinski definition) is 1. The normalized spacial score (nSPS) is 11.5. The molecule has 0 unspecified atom stereocenters. The summed E-state index contributed by atoms with van der Waals surface area (Å²) in [5.74, 6) is 0. The quantitative estimate of drug-likeness (QED) is 0.535. The molecule has 5 rings (SSSR count). The van der Waals surface area contributed by atoms with Gasteiger partial charge in [-0.2, -0.15) is 10.2 Å². The van der Waals surface area contributed by atoms with Crippen LogP contribution < -0.4 is 0 Å². The molecular formula is C17H11N5S. The van der Waals surface area contributed by atoms with Crippen LogP contribution >= 0.6 is 11.3 Å². The second-order valence-corrected chi connectivity index (χ2v) is 6.29. The van der Waals surface area contributed by atoms with E-state index in [2.05, 4.69) is 21.4 Å². The van der Waals surface area contributed by atoms with Gasteiger partial charge in [0.1, 0.15) is 10.7 Å². The molecule has 0 saturated heterocycles. The topological polar surface area (TPSA) is 59.4 Å². The van der Waals surface area contributed by atoms with E-state index in [1.54, 1.807) is 17.5 Å². The molecule has 0 aliphatic heterocycles. The molecule has 0 aliphatic carbocycles. The first-order valence-electron chi connectivity index (χ1n) is 7.22. The Morgan fingerprint density at radius 2 is 2.00 bits per heavy atom. The lowest BCUT2D eigenvalue weighted by atomic mass is 10.2. The molecule has 1 N–H and O–H groups in total. The third-order valence-electron chi connectivity index (χ3n) is 3.83. The van der Waals surface area contributed by atoms with E-state index in [0.29, 0.717) is 0 Å². The van der Waals surface area contributed by atoms with E-state index in [0.717, 1.165) is 32.8 Å². The zero-order valence-electron chi connectivity index (χ0n) is 12.0. The summed E-state index contributed by atoms with van der Waals surface area (Å²) in [6.45, 7) is 0. The smallest absolute Gasteiger partial charge is 0.143 e. The molecule has 5 aromatic rings. The van der Waals surface area contributed by atoms with Crippen molar-refractivity contribution in [3.05, 3.63) is 60.9 Å². The van der Waals surface area contributed by atoms with Gasteiger partial charge in [-0.25, -0.2) is 9.67 Å².